The highest BCUT2D eigenvalue weighted by Gasteiger charge is 2.16. The second-order valence-corrected chi connectivity index (χ2v) is 9.67. The standard InChI is InChI=1S/C28H31FN4O2S/c1-20-9-11-22(12-10-20)19-36-28-32-31-26(33(28)24-5-3-6-25(17-24)35-2)7-4-8-27(34)30-18-21-13-15-23(29)16-14-21/h3,5-6,9-15,17,23H,4,7-8,16,18-19H2,1-2H3,(H,30,34). The second-order valence-electron chi connectivity index (χ2n) is 8.73. The third-order valence-corrected chi connectivity index (χ3v) is 6.92. The van der Waals surface area contributed by atoms with Crippen LogP contribution >= 0.6 is 11.8 Å². The van der Waals surface area contributed by atoms with Crippen molar-refractivity contribution in [3.63, 3.8) is 0 Å². The number of aromatic nitrogens is 3. The summed E-state index contributed by atoms with van der Waals surface area (Å²) < 4.78 is 20.7. The van der Waals surface area contributed by atoms with E-state index in [1.54, 1.807) is 24.9 Å². The monoisotopic (exact) mass is 506 g/mol. The fourth-order valence-electron chi connectivity index (χ4n) is 3.86. The van der Waals surface area contributed by atoms with E-state index in [0.29, 0.717) is 32.2 Å². The maximum Gasteiger partial charge on any atom is 0.220 e. The van der Waals surface area contributed by atoms with Gasteiger partial charge in [-0.3, -0.25) is 9.36 Å². The highest BCUT2D eigenvalue weighted by molar-refractivity contribution is 7.98. The summed E-state index contributed by atoms with van der Waals surface area (Å²) in [4.78, 5) is 12.4. The number of nitrogens with one attached hydrogen (secondary N) is 1. The summed E-state index contributed by atoms with van der Waals surface area (Å²) >= 11 is 1.63. The van der Waals surface area contributed by atoms with E-state index in [9.17, 15) is 9.18 Å². The van der Waals surface area contributed by atoms with Gasteiger partial charge in [-0.15, -0.1) is 10.2 Å². The molecule has 0 bridgehead atoms. The van der Waals surface area contributed by atoms with Gasteiger partial charge in [-0.05, 0) is 36.6 Å². The number of carbonyl (C=O) groups excluding carboxylic acids is 1. The largest absolute Gasteiger partial charge is 0.497 e. The fraction of sp³-hybridized carbons (Fsp3) is 0.321. The maximum atomic E-state index is 13.2. The SMILES string of the molecule is COc1cccc(-n2c(CCCC(=O)NCC3=CCC(F)C=C3)nnc2SCc2ccc(C)cc2)c1. The third-order valence-electron chi connectivity index (χ3n) is 5.92. The summed E-state index contributed by atoms with van der Waals surface area (Å²) in [6.45, 7) is 2.50. The molecule has 3 aromatic rings. The number of hydrogen-bond donors (Lipinski definition) is 1. The number of benzene rings is 2. The van der Waals surface area contributed by atoms with E-state index < -0.39 is 6.17 Å². The van der Waals surface area contributed by atoms with Crippen LogP contribution < -0.4 is 10.1 Å². The minimum absolute atomic E-state index is 0.0342. The molecule has 0 saturated carbocycles. The van der Waals surface area contributed by atoms with E-state index in [4.69, 9.17) is 4.74 Å². The quantitative estimate of drug-likeness (QED) is 0.346. The van der Waals surface area contributed by atoms with Gasteiger partial charge >= 0.3 is 0 Å². The lowest BCUT2D eigenvalue weighted by atomic mass is 10.1. The van der Waals surface area contributed by atoms with Crippen LogP contribution in [0, 0.1) is 6.92 Å². The number of methoxy groups -OCH3 is 1. The fourth-order valence-corrected chi connectivity index (χ4v) is 4.79. The number of ether oxygens (including phenoxy) is 1. The van der Waals surface area contributed by atoms with Crippen molar-refractivity contribution in [1.82, 2.24) is 20.1 Å². The second kappa shape index (κ2) is 12.5. The molecule has 36 heavy (non-hydrogen) atoms. The summed E-state index contributed by atoms with van der Waals surface area (Å²) in [5.41, 5.74) is 4.31. The predicted molar refractivity (Wildman–Crippen MR) is 141 cm³/mol. The van der Waals surface area contributed by atoms with Crippen LogP contribution in [0.5, 0.6) is 5.75 Å². The van der Waals surface area contributed by atoms with Crippen LogP contribution in [0.15, 0.2) is 77.5 Å². The number of rotatable bonds is 11. The van der Waals surface area contributed by atoms with Gasteiger partial charge in [-0.1, -0.05) is 65.9 Å². The lowest BCUT2D eigenvalue weighted by Gasteiger charge is -2.12. The Morgan fingerprint density at radius 3 is 2.81 bits per heavy atom. The summed E-state index contributed by atoms with van der Waals surface area (Å²) in [7, 11) is 1.65. The van der Waals surface area contributed by atoms with Crippen LogP contribution in [0.25, 0.3) is 5.69 Å². The van der Waals surface area contributed by atoms with Gasteiger partial charge < -0.3 is 10.1 Å². The van der Waals surface area contributed by atoms with Gasteiger partial charge in [0.15, 0.2) is 5.16 Å². The maximum absolute atomic E-state index is 13.2. The molecule has 0 aliphatic heterocycles. The van der Waals surface area contributed by atoms with Crippen molar-refractivity contribution < 1.29 is 13.9 Å². The molecular weight excluding hydrogens is 475 g/mol. The van der Waals surface area contributed by atoms with Crippen LogP contribution in [-0.2, 0) is 17.0 Å². The minimum Gasteiger partial charge on any atom is -0.497 e. The molecule has 6 nitrogen and oxygen atoms in total. The van der Waals surface area contributed by atoms with Crippen molar-refractivity contribution in [3.8, 4) is 11.4 Å². The third kappa shape index (κ3) is 7.07. The zero-order valence-corrected chi connectivity index (χ0v) is 21.4. The van der Waals surface area contributed by atoms with Gasteiger partial charge in [0.2, 0.25) is 5.91 Å². The normalized spacial score (nSPS) is 15.0. The van der Waals surface area contributed by atoms with E-state index >= 15 is 0 Å². The number of thioether (sulfide) groups is 1. The molecule has 2 aromatic carbocycles. The number of alkyl halides is 1. The molecular formula is C28H31FN4O2S. The first-order valence-corrected chi connectivity index (χ1v) is 13.1. The molecule has 188 valence electrons. The molecule has 4 rings (SSSR count). The zero-order valence-electron chi connectivity index (χ0n) is 20.6. The van der Waals surface area contributed by atoms with E-state index in [1.807, 2.05) is 34.9 Å². The highest BCUT2D eigenvalue weighted by Crippen LogP contribution is 2.27. The number of hydrogen-bond acceptors (Lipinski definition) is 5. The predicted octanol–water partition coefficient (Wildman–Crippen LogP) is 5.54. The number of allylic oxidation sites excluding steroid dienone is 2. The molecule has 8 heteroatoms. The number of aryl methyl sites for hydroxylation is 2. The first-order valence-electron chi connectivity index (χ1n) is 12.1. The van der Waals surface area contributed by atoms with Gasteiger partial charge in [0.25, 0.3) is 0 Å². The van der Waals surface area contributed by atoms with E-state index in [1.165, 1.54) is 17.2 Å². The molecule has 0 fully saturated rings. The topological polar surface area (TPSA) is 69.0 Å². The molecule has 1 unspecified atom stereocenters. The van der Waals surface area contributed by atoms with Crippen molar-refractivity contribution >= 4 is 17.7 Å². The van der Waals surface area contributed by atoms with Crippen LogP contribution in [0.3, 0.4) is 0 Å². The highest BCUT2D eigenvalue weighted by atomic mass is 32.2. The van der Waals surface area contributed by atoms with Gasteiger partial charge in [0.05, 0.1) is 12.8 Å². The molecule has 0 radical (unpaired) electrons. The zero-order chi connectivity index (χ0) is 25.3. The van der Waals surface area contributed by atoms with Crippen molar-refractivity contribution in [3.05, 3.63) is 89.3 Å². The first kappa shape index (κ1) is 25.7. The van der Waals surface area contributed by atoms with Gasteiger partial charge in [-0.2, -0.15) is 0 Å². The Bertz CT molecular complexity index is 1240. The van der Waals surface area contributed by atoms with Crippen LogP contribution in [0.1, 0.15) is 36.2 Å². The average Bonchev–Trinajstić information content (AvgIpc) is 3.30. The van der Waals surface area contributed by atoms with Gasteiger partial charge in [0.1, 0.15) is 17.7 Å². The first-order chi connectivity index (χ1) is 17.5. The molecule has 1 N–H and O–H groups in total. The molecule has 1 amide bonds. The molecule has 1 aliphatic carbocycles. The van der Waals surface area contributed by atoms with Crippen molar-refractivity contribution in [2.24, 2.45) is 0 Å². The van der Waals surface area contributed by atoms with Gasteiger partial charge in [-0.25, -0.2) is 4.39 Å². The van der Waals surface area contributed by atoms with Crippen molar-refractivity contribution in [2.75, 3.05) is 13.7 Å². The Labute approximate surface area is 215 Å². The van der Waals surface area contributed by atoms with E-state index in [-0.39, 0.29) is 5.91 Å². The van der Waals surface area contributed by atoms with E-state index in [2.05, 4.69) is 46.7 Å². The molecule has 1 heterocycles. The molecule has 1 aromatic heterocycles. The van der Waals surface area contributed by atoms with E-state index in [0.717, 1.165) is 33.7 Å². The van der Waals surface area contributed by atoms with Crippen molar-refractivity contribution in [2.45, 2.75) is 49.7 Å². The Morgan fingerprint density at radius 1 is 1.22 bits per heavy atom. The number of amides is 1. The Kier molecular flexibility index (Phi) is 8.95. The summed E-state index contributed by atoms with van der Waals surface area (Å²) in [5.74, 6) is 2.30. The lowest BCUT2D eigenvalue weighted by Crippen LogP contribution is -2.25. The summed E-state index contributed by atoms with van der Waals surface area (Å²) in [6, 6.07) is 16.3. The molecule has 0 saturated heterocycles. The van der Waals surface area contributed by atoms with Crippen molar-refractivity contribution in [1.29, 1.82) is 0 Å². The Morgan fingerprint density at radius 2 is 2.06 bits per heavy atom. The van der Waals surface area contributed by atoms with Crippen LogP contribution in [0.4, 0.5) is 4.39 Å². The van der Waals surface area contributed by atoms with Crippen LogP contribution in [-0.4, -0.2) is 40.5 Å². The number of carbonyl (C=O) groups is 1. The lowest BCUT2D eigenvalue weighted by molar-refractivity contribution is -0.121. The summed E-state index contributed by atoms with van der Waals surface area (Å²) in [5, 5.41) is 12.6. The smallest absolute Gasteiger partial charge is 0.220 e. The molecule has 1 atom stereocenters. The Balaban J connectivity index is 1.40. The Hall–Kier alpha value is -3.39. The minimum atomic E-state index is -0.925. The van der Waals surface area contributed by atoms with Gasteiger partial charge in [0, 0.05) is 37.6 Å². The average molecular weight is 507 g/mol. The molecule has 0 spiro atoms. The number of nitrogens with zero attached hydrogens (tertiary/aromatic N) is 3. The van der Waals surface area contributed by atoms with Crippen LogP contribution in [0.2, 0.25) is 0 Å². The molecule has 1 aliphatic rings. The summed E-state index contributed by atoms with van der Waals surface area (Å²) in [6.07, 6.45) is 6.16. The number of halogens is 1.